The van der Waals surface area contributed by atoms with Gasteiger partial charge in [0.25, 0.3) is 0 Å². The molecule has 1 aromatic rings. The first-order valence-corrected chi connectivity index (χ1v) is 11.9. The Kier molecular flexibility index (Phi) is 4.34. The third-order valence-corrected chi connectivity index (χ3v) is 8.52. The summed E-state index contributed by atoms with van der Waals surface area (Å²) in [6, 6.07) is 4.64. The maximum absolute atomic E-state index is 14.7. The van der Waals surface area contributed by atoms with Gasteiger partial charge in [0.2, 0.25) is 5.91 Å². The number of amides is 2. The molecule has 2 saturated carbocycles. The highest BCUT2D eigenvalue weighted by Crippen LogP contribution is 2.59. The van der Waals surface area contributed by atoms with Crippen LogP contribution in [0.15, 0.2) is 18.2 Å². The highest BCUT2D eigenvalue weighted by atomic mass is 32.2. The van der Waals surface area contributed by atoms with Gasteiger partial charge in [-0.15, -0.1) is 0 Å². The van der Waals surface area contributed by atoms with E-state index in [1.165, 1.54) is 11.0 Å². The molecular formula is C20H23FN2O5S. The lowest BCUT2D eigenvalue weighted by Crippen LogP contribution is -2.39. The second-order valence-electron chi connectivity index (χ2n) is 8.63. The van der Waals surface area contributed by atoms with Crippen LogP contribution in [0.1, 0.15) is 30.7 Å². The van der Waals surface area contributed by atoms with Crippen LogP contribution in [0.25, 0.3) is 0 Å². The summed E-state index contributed by atoms with van der Waals surface area (Å²) in [5.41, 5.74) is 0.929. The Hall–Kier alpha value is -2.16. The van der Waals surface area contributed by atoms with E-state index in [9.17, 15) is 22.4 Å². The number of hydrogen-bond donors (Lipinski definition) is 1. The summed E-state index contributed by atoms with van der Waals surface area (Å²) in [6.45, 7) is 0.494. The van der Waals surface area contributed by atoms with Crippen molar-refractivity contribution in [2.45, 2.75) is 31.3 Å². The molecule has 7 nitrogen and oxygen atoms in total. The van der Waals surface area contributed by atoms with Gasteiger partial charge in [0, 0.05) is 5.92 Å². The number of rotatable bonds is 5. The number of benzene rings is 1. The molecule has 0 radical (unpaired) electrons. The maximum Gasteiger partial charge on any atom is 0.414 e. The van der Waals surface area contributed by atoms with Crippen LogP contribution in [0.5, 0.6) is 0 Å². The molecule has 1 N–H and O–H groups in total. The number of carbonyl (C=O) groups excluding carboxylic acids is 2. The molecule has 4 aliphatic rings. The minimum atomic E-state index is -2.97. The van der Waals surface area contributed by atoms with Crippen molar-refractivity contribution in [2.75, 3.05) is 29.5 Å². The Morgan fingerprint density at radius 3 is 2.59 bits per heavy atom. The van der Waals surface area contributed by atoms with E-state index in [2.05, 4.69) is 5.32 Å². The van der Waals surface area contributed by atoms with Crippen molar-refractivity contribution < 1.29 is 27.1 Å². The summed E-state index contributed by atoms with van der Waals surface area (Å²) >= 11 is 0. The van der Waals surface area contributed by atoms with Gasteiger partial charge in [-0.1, -0.05) is 12.5 Å². The molecule has 2 aliphatic carbocycles. The zero-order chi connectivity index (χ0) is 20.3. The zero-order valence-corrected chi connectivity index (χ0v) is 16.7. The van der Waals surface area contributed by atoms with Gasteiger partial charge in [-0.3, -0.25) is 9.69 Å². The van der Waals surface area contributed by atoms with Gasteiger partial charge in [0.15, 0.2) is 9.84 Å². The van der Waals surface area contributed by atoms with E-state index >= 15 is 0 Å². The van der Waals surface area contributed by atoms with E-state index in [0.29, 0.717) is 11.3 Å². The smallest absolute Gasteiger partial charge is 0.414 e. The molecule has 2 saturated heterocycles. The summed E-state index contributed by atoms with van der Waals surface area (Å²) in [4.78, 5) is 25.5. The Bertz CT molecular complexity index is 959. The molecule has 2 aliphatic heterocycles. The number of anilines is 1. The topological polar surface area (TPSA) is 92.8 Å². The first kappa shape index (κ1) is 18.8. The Labute approximate surface area is 168 Å². The standard InChI is InChI=1S/C20H23FN2O5S/c21-17-6-12(4-5-14(17)18-15-9-29(26,27)10-16(15)18)23-8-13(28-20(23)25)7-22-19(24)11-2-1-3-11/h4-6,11,13,15-16,18H,1-3,7-10H2,(H,22,24)/t13-,15-,16+,18+/m0/s1. The molecule has 156 valence electrons. The third-order valence-electron chi connectivity index (χ3n) is 6.73. The van der Waals surface area contributed by atoms with Crippen molar-refractivity contribution >= 4 is 27.5 Å². The van der Waals surface area contributed by atoms with E-state index in [-0.39, 0.29) is 54.2 Å². The first-order chi connectivity index (χ1) is 13.8. The molecule has 1 aromatic carbocycles. The lowest BCUT2D eigenvalue weighted by molar-refractivity contribution is -0.127. The van der Waals surface area contributed by atoms with Crippen LogP contribution in [0.4, 0.5) is 14.9 Å². The number of cyclic esters (lactones) is 1. The molecule has 4 atom stereocenters. The maximum atomic E-state index is 14.7. The van der Waals surface area contributed by atoms with Crippen molar-refractivity contribution in [3.05, 3.63) is 29.6 Å². The van der Waals surface area contributed by atoms with Crippen molar-refractivity contribution in [3.63, 3.8) is 0 Å². The average Bonchev–Trinajstić information content (AvgIpc) is 2.95. The highest BCUT2D eigenvalue weighted by Gasteiger charge is 2.59. The van der Waals surface area contributed by atoms with Crippen molar-refractivity contribution in [1.29, 1.82) is 0 Å². The lowest BCUT2D eigenvalue weighted by Gasteiger charge is -2.24. The van der Waals surface area contributed by atoms with Crippen LogP contribution in [0.3, 0.4) is 0 Å². The summed E-state index contributed by atoms with van der Waals surface area (Å²) in [5, 5.41) is 2.83. The summed E-state index contributed by atoms with van der Waals surface area (Å²) in [7, 11) is -2.97. The minimum absolute atomic E-state index is 0.00172. The average molecular weight is 422 g/mol. The van der Waals surface area contributed by atoms with Crippen LogP contribution in [-0.4, -0.2) is 51.1 Å². The van der Waals surface area contributed by atoms with Crippen molar-refractivity contribution in [1.82, 2.24) is 5.32 Å². The predicted octanol–water partition coefficient (Wildman–Crippen LogP) is 1.83. The second-order valence-corrected chi connectivity index (χ2v) is 10.8. The molecular weight excluding hydrogens is 399 g/mol. The van der Waals surface area contributed by atoms with Gasteiger partial charge in [0.05, 0.1) is 30.3 Å². The number of ether oxygens (including phenoxy) is 1. The van der Waals surface area contributed by atoms with Gasteiger partial charge in [0.1, 0.15) is 11.9 Å². The normalized spacial score (nSPS) is 32.4. The fourth-order valence-corrected chi connectivity index (χ4v) is 7.06. The number of nitrogens with one attached hydrogen (secondary N) is 1. The Morgan fingerprint density at radius 2 is 1.97 bits per heavy atom. The number of halogens is 1. The first-order valence-electron chi connectivity index (χ1n) is 10.1. The van der Waals surface area contributed by atoms with E-state index in [4.69, 9.17) is 4.74 Å². The summed E-state index contributed by atoms with van der Waals surface area (Å²) in [6.07, 6.45) is 1.85. The fourth-order valence-electron chi connectivity index (χ4n) is 4.84. The van der Waals surface area contributed by atoms with Crippen LogP contribution in [-0.2, 0) is 19.4 Å². The number of hydrogen-bond acceptors (Lipinski definition) is 5. The van der Waals surface area contributed by atoms with E-state index in [0.717, 1.165) is 19.3 Å². The van der Waals surface area contributed by atoms with Gasteiger partial charge >= 0.3 is 6.09 Å². The SMILES string of the molecule is O=C(NC[C@H]1CN(c2ccc([C@H]3[C@@H]4CS(=O)(=O)C[C@@H]43)c(F)c2)C(=O)O1)C1CCC1. The predicted molar refractivity (Wildman–Crippen MR) is 103 cm³/mol. The van der Waals surface area contributed by atoms with Gasteiger partial charge < -0.3 is 10.1 Å². The minimum Gasteiger partial charge on any atom is -0.442 e. The Morgan fingerprint density at radius 1 is 1.24 bits per heavy atom. The van der Waals surface area contributed by atoms with Gasteiger partial charge in [-0.05, 0) is 48.3 Å². The molecule has 0 unspecified atom stereocenters. The molecule has 2 heterocycles. The van der Waals surface area contributed by atoms with E-state index in [1.807, 2.05) is 0 Å². The molecule has 2 amide bonds. The molecule has 9 heteroatoms. The molecule has 5 rings (SSSR count). The van der Waals surface area contributed by atoms with Gasteiger partial charge in [-0.2, -0.15) is 0 Å². The quantitative estimate of drug-likeness (QED) is 0.782. The molecule has 4 fully saturated rings. The third kappa shape index (κ3) is 3.39. The van der Waals surface area contributed by atoms with Crippen LogP contribution in [0, 0.1) is 23.6 Å². The van der Waals surface area contributed by atoms with Crippen molar-refractivity contribution in [2.24, 2.45) is 17.8 Å². The number of sulfone groups is 1. The lowest BCUT2D eigenvalue weighted by atomic mass is 9.85. The van der Waals surface area contributed by atoms with Gasteiger partial charge in [-0.25, -0.2) is 17.6 Å². The highest BCUT2D eigenvalue weighted by molar-refractivity contribution is 7.91. The van der Waals surface area contributed by atoms with E-state index < -0.39 is 27.9 Å². The fraction of sp³-hybridized carbons (Fsp3) is 0.600. The molecule has 0 spiro atoms. The van der Waals surface area contributed by atoms with Crippen molar-refractivity contribution in [3.8, 4) is 0 Å². The zero-order valence-electron chi connectivity index (χ0n) is 15.8. The second kappa shape index (κ2) is 6.68. The molecule has 0 bridgehead atoms. The molecule has 0 aromatic heterocycles. The van der Waals surface area contributed by atoms with Crippen LogP contribution >= 0.6 is 0 Å². The largest absolute Gasteiger partial charge is 0.442 e. The van der Waals surface area contributed by atoms with Crippen LogP contribution in [0.2, 0.25) is 0 Å². The monoisotopic (exact) mass is 422 g/mol. The Balaban J connectivity index is 1.21. The number of nitrogens with zero attached hydrogens (tertiary/aromatic N) is 1. The summed E-state index contributed by atoms with van der Waals surface area (Å²) < 4.78 is 43.2. The number of fused-ring (bicyclic) bond motifs is 1. The van der Waals surface area contributed by atoms with Crippen LogP contribution < -0.4 is 10.2 Å². The summed E-state index contributed by atoms with van der Waals surface area (Å²) in [5.74, 6) is -0.102. The van der Waals surface area contributed by atoms with E-state index in [1.54, 1.807) is 12.1 Å². The number of carbonyl (C=O) groups is 2. The molecule has 29 heavy (non-hydrogen) atoms.